The van der Waals surface area contributed by atoms with Gasteiger partial charge in [0.25, 0.3) is 11.8 Å². The first kappa shape index (κ1) is 20.4. The molecular weight excluding hydrogens is 486 g/mol. The number of anilines is 1. The molecule has 2 amide bonds. The van der Waals surface area contributed by atoms with E-state index in [1.54, 1.807) is 36.7 Å². The van der Waals surface area contributed by atoms with E-state index in [1.165, 1.54) is 11.0 Å². The van der Waals surface area contributed by atoms with E-state index in [2.05, 4.69) is 26.2 Å². The third-order valence-corrected chi connectivity index (χ3v) is 5.50. The summed E-state index contributed by atoms with van der Waals surface area (Å²) >= 11 is 14.6. The van der Waals surface area contributed by atoms with Gasteiger partial charge < -0.3 is 0 Å². The van der Waals surface area contributed by atoms with E-state index in [0.29, 0.717) is 16.3 Å². The minimum absolute atomic E-state index is 0.0165. The highest BCUT2D eigenvalue weighted by Gasteiger charge is 2.34. The van der Waals surface area contributed by atoms with Gasteiger partial charge in [-0.1, -0.05) is 39.7 Å². The number of nitrogens with one attached hydrogen (secondary N) is 1. The summed E-state index contributed by atoms with van der Waals surface area (Å²) in [5.41, 5.74) is 2.87. The van der Waals surface area contributed by atoms with Gasteiger partial charge in [-0.25, -0.2) is 0 Å². The predicted molar refractivity (Wildman–Crippen MR) is 125 cm³/mol. The van der Waals surface area contributed by atoms with Gasteiger partial charge in [-0.05, 0) is 71.9 Å². The van der Waals surface area contributed by atoms with Gasteiger partial charge in [-0.2, -0.15) is 0 Å². The molecule has 1 aliphatic rings. The lowest BCUT2D eigenvalue weighted by atomic mass is 9.99. The van der Waals surface area contributed by atoms with Crippen LogP contribution in [0.4, 0.5) is 5.69 Å². The summed E-state index contributed by atoms with van der Waals surface area (Å²) < 4.78 is 0.918. The van der Waals surface area contributed by atoms with Crippen molar-refractivity contribution >= 4 is 68.4 Å². The number of rotatable bonds is 3. The molecule has 0 spiro atoms. The largest absolute Gasteiger partial charge is 0.298 e. The van der Waals surface area contributed by atoms with E-state index >= 15 is 0 Å². The smallest absolute Gasteiger partial charge is 0.270 e. The Morgan fingerprint density at radius 1 is 1.10 bits per heavy atom. The molecule has 2 aromatic carbocycles. The van der Waals surface area contributed by atoms with Gasteiger partial charge in [0, 0.05) is 27.5 Å². The number of carbonyl (C=O) groups excluding carboxylic acids is 2. The van der Waals surface area contributed by atoms with Crippen LogP contribution in [0.3, 0.4) is 0 Å². The van der Waals surface area contributed by atoms with Gasteiger partial charge in [0.05, 0.1) is 5.69 Å². The summed E-state index contributed by atoms with van der Waals surface area (Å²) in [6.07, 6.45) is 4.81. The molecule has 0 atom stereocenters. The number of aromatic nitrogens is 1. The average Bonchev–Trinajstić information content (AvgIpc) is 2.72. The summed E-state index contributed by atoms with van der Waals surface area (Å²) in [5, 5.41) is 3.13. The van der Waals surface area contributed by atoms with E-state index in [-0.39, 0.29) is 10.7 Å². The van der Waals surface area contributed by atoms with Crippen molar-refractivity contribution in [2.24, 2.45) is 0 Å². The van der Waals surface area contributed by atoms with Crippen LogP contribution in [-0.4, -0.2) is 21.9 Å². The quantitative estimate of drug-likeness (QED) is 0.314. The monoisotopic (exact) mass is 497 g/mol. The zero-order valence-corrected chi connectivity index (χ0v) is 18.5. The van der Waals surface area contributed by atoms with Gasteiger partial charge in [-0.15, -0.1) is 0 Å². The van der Waals surface area contributed by atoms with Gasteiger partial charge in [0.1, 0.15) is 5.57 Å². The first-order valence-corrected chi connectivity index (χ1v) is 10.4. The molecule has 0 radical (unpaired) electrons. The summed E-state index contributed by atoms with van der Waals surface area (Å²) in [4.78, 5) is 31.2. The Balaban J connectivity index is 1.78. The maximum absolute atomic E-state index is 13.2. The Bertz CT molecular complexity index is 1210. The summed E-state index contributed by atoms with van der Waals surface area (Å²) in [7, 11) is 0. The van der Waals surface area contributed by atoms with Crippen molar-refractivity contribution in [3.05, 3.63) is 87.6 Å². The Morgan fingerprint density at radius 2 is 1.87 bits per heavy atom. The van der Waals surface area contributed by atoms with E-state index in [1.807, 2.05) is 30.3 Å². The molecule has 1 aromatic heterocycles. The summed E-state index contributed by atoms with van der Waals surface area (Å²) in [6, 6.07) is 16.2. The highest BCUT2D eigenvalue weighted by Crippen LogP contribution is 2.29. The van der Waals surface area contributed by atoms with E-state index < -0.39 is 11.8 Å². The normalized spacial score (nSPS) is 15.5. The average molecular weight is 499 g/mol. The van der Waals surface area contributed by atoms with Crippen molar-refractivity contribution in [3.8, 4) is 11.1 Å². The number of hydrogen-bond donors (Lipinski definition) is 1. The van der Waals surface area contributed by atoms with Crippen LogP contribution in [0.5, 0.6) is 0 Å². The molecule has 0 saturated carbocycles. The fourth-order valence-electron chi connectivity index (χ4n) is 3.08. The third kappa shape index (κ3) is 4.05. The second kappa shape index (κ2) is 8.47. The molecule has 30 heavy (non-hydrogen) atoms. The molecule has 0 bridgehead atoms. The minimum Gasteiger partial charge on any atom is -0.298 e. The number of amides is 2. The highest BCUT2D eigenvalue weighted by atomic mass is 79.9. The summed E-state index contributed by atoms with van der Waals surface area (Å²) in [5.74, 6) is -1.07. The van der Waals surface area contributed by atoms with Crippen LogP contribution >= 0.6 is 39.7 Å². The topological polar surface area (TPSA) is 62.3 Å². The lowest BCUT2D eigenvalue weighted by molar-refractivity contribution is -0.122. The van der Waals surface area contributed by atoms with Crippen LogP contribution in [-0.2, 0) is 9.59 Å². The molecule has 1 fully saturated rings. The first-order chi connectivity index (χ1) is 14.4. The molecule has 8 heteroatoms. The second-order valence-electron chi connectivity index (χ2n) is 6.41. The van der Waals surface area contributed by atoms with Gasteiger partial charge in [0.2, 0.25) is 0 Å². The lowest BCUT2D eigenvalue weighted by Crippen LogP contribution is -2.54. The molecule has 0 aliphatic carbocycles. The fraction of sp³-hybridized carbons (Fsp3) is 0. The Kier molecular flexibility index (Phi) is 5.76. The van der Waals surface area contributed by atoms with E-state index in [4.69, 9.17) is 23.8 Å². The maximum Gasteiger partial charge on any atom is 0.270 e. The second-order valence-corrected chi connectivity index (χ2v) is 8.15. The van der Waals surface area contributed by atoms with Crippen LogP contribution in [0, 0.1) is 0 Å². The van der Waals surface area contributed by atoms with Crippen LogP contribution < -0.4 is 10.2 Å². The number of nitrogens with zero attached hydrogens (tertiary/aromatic N) is 2. The minimum atomic E-state index is -0.556. The molecule has 148 valence electrons. The number of hydrogen-bond acceptors (Lipinski definition) is 4. The van der Waals surface area contributed by atoms with Crippen LogP contribution in [0.1, 0.15) is 5.56 Å². The number of benzene rings is 2. The molecule has 1 N–H and O–H groups in total. The SMILES string of the molecule is O=C1NC(=S)N(c2ccc(Cl)cc2)C(=O)C1=Cc1cnccc1-c1cccc(Br)c1. The molecule has 5 nitrogen and oxygen atoms in total. The molecule has 3 aromatic rings. The Hall–Kier alpha value is -2.87. The van der Waals surface area contributed by atoms with Crippen molar-refractivity contribution in [1.82, 2.24) is 10.3 Å². The van der Waals surface area contributed by atoms with Gasteiger partial charge in [0.15, 0.2) is 5.11 Å². The number of thiocarbonyl (C=S) groups is 1. The Morgan fingerprint density at radius 3 is 2.60 bits per heavy atom. The lowest BCUT2D eigenvalue weighted by Gasteiger charge is -2.29. The van der Waals surface area contributed by atoms with E-state index in [0.717, 1.165) is 15.6 Å². The predicted octanol–water partition coefficient (Wildman–Crippen LogP) is 5.00. The van der Waals surface area contributed by atoms with Crippen LogP contribution in [0.2, 0.25) is 5.02 Å². The van der Waals surface area contributed by atoms with E-state index in [9.17, 15) is 9.59 Å². The number of halogens is 2. The molecule has 1 aliphatic heterocycles. The van der Waals surface area contributed by atoms with Gasteiger partial charge in [-0.3, -0.25) is 24.8 Å². The van der Waals surface area contributed by atoms with Crippen molar-refractivity contribution in [2.45, 2.75) is 0 Å². The maximum atomic E-state index is 13.2. The molecule has 2 heterocycles. The first-order valence-electron chi connectivity index (χ1n) is 8.81. The molecular formula is C22H13BrClN3O2S. The molecule has 0 unspecified atom stereocenters. The van der Waals surface area contributed by atoms with Crippen molar-refractivity contribution < 1.29 is 9.59 Å². The van der Waals surface area contributed by atoms with Crippen LogP contribution in [0.25, 0.3) is 17.2 Å². The number of pyridine rings is 1. The van der Waals surface area contributed by atoms with Gasteiger partial charge >= 0.3 is 0 Å². The Labute approximate surface area is 191 Å². The van der Waals surface area contributed by atoms with Crippen molar-refractivity contribution in [3.63, 3.8) is 0 Å². The van der Waals surface area contributed by atoms with Crippen molar-refractivity contribution in [2.75, 3.05) is 4.90 Å². The zero-order valence-electron chi connectivity index (χ0n) is 15.3. The standard InChI is InChI=1S/C22H13BrClN3O2S/c23-15-3-1-2-13(10-15)18-8-9-25-12-14(18)11-19-20(28)26-22(30)27(21(19)29)17-6-4-16(24)5-7-17/h1-12H,(H,26,28,30). The van der Waals surface area contributed by atoms with Crippen LogP contribution in [0.15, 0.2) is 77.0 Å². The molecule has 4 rings (SSSR count). The number of carbonyl (C=O) groups is 2. The summed E-state index contributed by atoms with van der Waals surface area (Å²) in [6.45, 7) is 0. The fourth-order valence-corrected chi connectivity index (χ4v) is 3.88. The molecule has 1 saturated heterocycles. The highest BCUT2D eigenvalue weighted by molar-refractivity contribution is 9.10. The van der Waals surface area contributed by atoms with Crippen molar-refractivity contribution in [1.29, 1.82) is 0 Å². The zero-order chi connectivity index (χ0) is 21.3. The third-order valence-electron chi connectivity index (χ3n) is 4.47.